The highest BCUT2D eigenvalue weighted by molar-refractivity contribution is 7.21. The SMILES string of the molecule is CCCCOCC(COCCCC)Oc1ccc2nc(-c3ccc([N+](=O)[O-])cc3)sc2c1. The van der Waals surface area contributed by atoms with Crippen molar-refractivity contribution < 1.29 is 19.1 Å². The molecule has 0 aliphatic heterocycles. The summed E-state index contributed by atoms with van der Waals surface area (Å²) in [7, 11) is 0. The second-order valence-electron chi connectivity index (χ2n) is 7.55. The van der Waals surface area contributed by atoms with Gasteiger partial charge in [0.05, 0.1) is 28.4 Å². The number of thiazole rings is 1. The molecule has 172 valence electrons. The maximum atomic E-state index is 10.9. The highest BCUT2D eigenvalue weighted by Gasteiger charge is 2.14. The number of nitro benzene ring substituents is 1. The van der Waals surface area contributed by atoms with Gasteiger partial charge in [0.15, 0.2) is 0 Å². The lowest BCUT2D eigenvalue weighted by Gasteiger charge is -2.19. The van der Waals surface area contributed by atoms with Crippen molar-refractivity contribution in [3.05, 3.63) is 52.6 Å². The number of nitrogens with zero attached hydrogens (tertiary/aromatic N) is 2. The van der Waals surface area contributed by atoms with E-state index < -0.39 is 4.92 Å². The summed E-state index contributed by atoms with van der Waals surface area (Å²) in [4.78, 5) is 15.1. The van der Waals surface area contributed by atoms with E-state index in [1.54, 1.807) is 12.1 Å². The van der Waals surface area contributed by atoms with Gasteiger partial charge in [0.25, 0.3) is 5.69 Å². The highest BCUT2D eigenvalue weighted by Crippen LogP contribution is 2.33. The smallest absolute Gasteiger partial charge is 0.269 e. The lowest BCUT2D eigenvalue weighted by Crippen LogP contribution is -2.29. The van der Waals surface area contributed by atoms with E-state index in [0.717, 1.165) is 65.4 Å². The molecule has 8 heteroatoms. The van der Waals surface area contributed by atoms with E-state index >= 15 is 0 Å². The number of fused-ring (bicyclic) bond motifs is 1. The molecule has 1 aromatic heterocycles. The van der Waals surface area contributed by atoms with Gasteiger partial charge in [-0.05, 0) is 43.2 Å². The van der Waals surface area contributed by atoms with Crippen LogP contribution in [0.4, 0.5) is 5.69 Å². The largest absolute Gasteiger partial charge is 0.486 e. The Morgan fingerprint density at radius 1 is 1.00 bits per heavy atom. The van der Waals surface area contributed by atoms with Crippen LogP contribution in [-0.2, 0) is 9.47 Å². The van der Waals surface area contributed by atoms with Gasteiger partial charge in [-0.2, -0.15) is 0 Å². The van der Waals surface area contributed by atoms with Crippen molar-refractivity contribution in [2.45, 2.75) is 45.6 Å². The minimum Gasteiger partial charge on any atom is -0.486 e. The zero-order valence-corrected chi connectivity index (χ0v) is 19.4. The van der Waals surface area contributed by atoms with E-state index in [4.69, 9.17) is 14.2 Å². The Kier molecular flexibility index (Phi) is 9.40. The number of aromatic nitrogens is 1. The Labute approximate surface area is 192 Å². The summed E-state index contributed by atoms with van der Waals surface area (Å²) in [6, 6.07) is 12.3. The summed E-state index contributed by atoms with van der Waals surface area (Å²) >= 11 is 1.53. The number of rotatable bonds is 14. The number of benzene rings is 2. The van der Waals surface area contributed by atoms with Crippen LogP contribution in [0.3, 0.4) is 0 Å². The molecule has 0 N–H and O–H groups in total. The molecule has 0 saturated heterocycles. The van der Waals surface area contributed by atoms with Gasteiger partial charge in [0.1, 0.15) is 16.9 Å². The third-order valence-electron chi connectivity index (χ3n) is 4.88. The van der Waals surface area contributed by atoms with Crippen molar-refractivity contribution in [3.63, 3.8) is 0 Å². The molecule has 0 atom stereocenters. The molecule has 0 aliphatic carbocycles. The standard InChI is InChI=1S/C24H30N2O5S/c1-3-5-13-29-16-21(17-30-14-6-4-2)31-20-11-12-22-23(15-20)32-24(25-22)18-7-9-19(10-8-18)26(27)28/h7-12,15,21H,3-6,13-14,16-17H2,1-2H3. The van der Waals surface area contributed by atoms with Crippen molar-refractivity contribution in [1.82, 2.24) is 4.98 Å². The predicted octanol–water partition coefficient (Wildman–Crippen LogP) is 6.25. The fourth-order valence-corrected chi connectivity index (χ4v) is 4.06. The second-order valence-corrected chi connectivity index (χ2v) is 8.58. The number of hydrogen-bond donors (Lipinski definition) is 0. The first-order valence-corrected chi connectivity index (χ1v) is 11.9. The van der Waals surface area contributed by atoms with E-state index in [1.807, 2.05) is 18.2 Å². The van der Waals surface area contributed by atoms with Crippen molar-refractivity contribution >= 4 is 27.2 Å². The predicted molar refractivity (Wildman–Crippen MR) is 128 cm³/mol. The van der Waals surface area contributed by atoms with Crippen molar-refractivity contribution in [2.24, 2.45) is 0 Å². The first-order chi connectivity index (χ1) is 15.6. The lowest BCUT2D eigenvalue weighted by atomic mass is 10.2. The molecule has 7 nitrogen and oxygen atoms in total. The summed E-state index contributed by atoms with van der Waals surface area (Å²) in [5.74, 6) is 0.750. The fraction of sp³-hybridized carbons (Fsp3) is 0.458. The van der Waals surface area contributed by atoms with Gasteiger partial charge in [-0.1, -0.05) is 26.7 Å². The zero-order valence-electron chi connectivity index (χ0n) is 18.6. The van der Waals surface area contributed by atoms with Crippen molar-refractivity contribution in [3.8, 4) is 16.3 Å². The molecule has 0 bridgehead atoms. The monoisotopic (exact) mass is 458 g/mol. The molecule has 3 aromatic rings. The average Bonchev–Trinajstić information content (AvgIpc) is 3.23. The Morgan fingerprint density at radius 2 is 1.66 bits per heavy atom. The van der Waals surface area contributed by atoms with Gasteiger partial charge in [0.2, 0.25) is 0 Å². The zero-order chi connectivity index (χ0) is 22.8. The number of non-ortho nitro benzene ring substituents is 1. The first kappa shape index (κ1) is 24.1. The van der Waals surface area contributed by atoms with Crippen LogP contribution >= 0.6 is 11.3 Å². The van der Waals surface area contributed by atoms with Crippen LogP contribution in [0.15, 0.2) is 42.5 Å². The van der Waals surface area contributed by atoms with Crippen LogP contribution in [0.2, 0.25) is 0 Å². The fourth-order valence-electron chi connectivity index (χ4n) is 3.06. The third kappa shape index (κ3) is 6.98. The van der Waals surface area contributed by atoms with Gasteiger partial charge < -0.3 is 14.2 Å². The van der Waals surface area contributed by atoms with Crippen molar-refractivity contribution in [1.29, 1.82) is 0 Å². The molecule has 2 aromatic carbocycles. The molecule has 0 spiro atoms. The maximum absolute atomic E-state index is 10.9. The Hall–Kier alpha value is -2.55. The molecule has 32 heavy (non-hydrogen) atoms. The molecular weight excluding hydrogens is 428 g/mol. The quantitative estimate of drug-likeness (QED) is 0.161. The summed E-state index contributed by atoms with van der Waals surface area (Å²) in [5.41, 5.74) is 1.79. The van der Waals surface area contributed by atoms with E-state index in [9.17, 15) is 10.1 Å². The van der Waals surface area contributed by atoms with Gasteiger partial charge >= 0.3 is 0 Å². The number of unbranched alkanes of at least 4 members (excludes halogenated alkanes) is 2. The molecule has 0 saturated carbocycles. The van der Waals surface area contributed by atoms with Crippen molar-refractivity contribution in [2.75, 3.05) is 26.4 Å². The number of nitro groups is 1. The summed E-state index contributed by atoms with van der Waals surface area (Å²) < 4.78 is 18.7. The third-order valence-corrected chi connectivity index (χ3v) is 5.95. The van der Waals surface area contributed by atoms with E-state index in [0.29, 0.717) is 13.2 Å². The molecule has 0 unspecified atom stereocenters. The molecule has 0 aliphatic rings. The Morgan fingerprint density at radius 3 is 2.25 bits per heavy atom. The normalized spacial score (nSPS) is 11.3. The summed E-state index contributed by atoms with van der Waals surface area (Å²) in [6.07, 6.45) is 4.07. The summed E-state index contributed by atoms with van der Waals surface area (Å²) in [5, 5.41) is 11.7. The summed E-state index contributed by atoms with van der Waals surface area (Å²) in [6.45, 7) is 6.69. The molecular formula is C24H30N2O5S. The molecule has 3 rings (SSSR count). The van der Waals surface area contributed by atoms with Gasteiger partial charge in [0, 0.05) is 30.9 Å². The van der Waals surface area contributed by atoms with Gasteiger partial charge in [-0.15, -0.1) is 11.3 Å². The van der Waals surface area contributed by atoms with Crippen LogP contribution in [0.5, 0.6) is 5.75 Å². The van der Waals surface area contributed by atoms with Gasteiger partial charge in [-0.25, -0.2) is 4.98 Å². The highest BCUT2D eigenvalue weighted by atomic mass is 32.1. The second kappa shape index (κ2) is 12.5. The first-order valence-electron chi connectivity index (χ1n) is 11.1. The Bertz CT molecular complexity index is 978. The minimum atomic E-state index is -0.403. The van der Waals surface area contributed by atoms with Gasteiger partial charge in [-0.3, -0.25) is 10.1 Å². The maximum Gasteiger partial charge on any atom is 0.269 e. The molecule has 0 radical (unpaired) electrons. The molecule has 1 heterocycles. The molecule has 0 amide bonds. The number of ether oxygens (including phenoxy) is 3. The Balaban J connectivity index is 1.69. The van der Waals surface area contributed by atoms with Crippen LogP contribution in [0, 0.1) is 10.1 Å². The van der Waals surface area contributed by atoms with Crippen LogP contribution in [0.25, 0.3) is 20.8 Å². The topological polar surface area (TPSA) is 83.7 Å². The van der Waals surface area contributed by atoms with E-state index in [2.05, 4.69) is 18.8 Å². The average molecular weight is 459 g/mol. The van der Waals surface area contributed by atoms with Crippen LogP contribution < -0.4 is 4.74 Å². The lowest BCUT2D eigenvalue weighted by molar-refractivity contribution is -0.384. The van der Waals surface area contributed by atoms with Crippen LogP contribution in [0.1, 0.15) is 39.5 Å². The number of hydrogen-bond acceptors (Lipinski definition) is 7. The van der Waals surface area contributed by atoms with E-state index in [1.165, 1.54) is 23.5 Å². The van der Waals surface area contributed by atoms with E-state index in [-0.39, 0.29) is 11.8 Å². The molecule has 0 fully saturated rings. The minimum absolute atomic E-state index is 0.0684. The van der Waals surface area contributed by atoms with Crippen LogP contribution in [-0.4, -0.2) is 42.4 Å².